The Morgan fingerprint density at radius 2 is 1.35 bits per heavy atom. The van der Waals surface area contributed by atoms with Crippen LogP contribution in [0.4, 0.5) is 0 Å². The predicted molar refractivity (Wildman–Crippen MR) is 176 cm³/mol. The van der Waals surface area contributed by atoms with Crippen molar-refractivity contribution in [1.29, 1.82) is 0 Å². The quantitative estimate of drug-likeness (QED) is 0.187. The van der Waals surface area contributed by atoms with Gasteiger partial charge in [-0.15, -0.1) is 0 Å². The summed E-state index contributed by atoms with van der Waals surface area (Å²) in [5, 5.41) is 11.7. The second-order valence-electron chi connectivity index (χ2n) is 17.4. The Labute approximate surface area is 338 Å². The zero-order chi connectivity index (χ0) is 34.6. The van der Waals surface area contributed by atoms with Gasteiger partial charge in [0.05, 0.1) is 6.10 Å². The number of allylic oxidation sites excluding steroid dienone is 2. The van der Waals surface area contributed by atoms with E-state index in [1.807, 2.05) is 0 Å². The third-order valence-corrected chi connectivity index (χ3v) is 15.5. The summed E-state index contributed by atoms with van der Waals surface area (Å²) in [5.41, 5.74) is 1.47. The van der Waals surface area contributed by atoms with Gasteiger partial charge in [-0.05, 0) is 135 Å². The van der Waals surface area contributed by atoms with Crippen LogP contribution >= 0.6 is 0 Å². The Morgan fingerprint density at radius 3 is 1.96 bits per heavy atom. The normalized spacial score (nSPS) is 39.5. The van der Waals surface area contributed by atoms with E-state index in [9.17, 15) is 31.0 Å². The molecule has 49 heavy (non-hydrogen) atoms. The van der Waals surface area contributed by atoms with Crippen LogP contribution < -0.4 is 67.5 Å². The molecule has 0 heterocycles. The molecule has 0 aliphatic heterocycles. The van der Waals surface area contributed by atoms with E-state index in [4.69, 9.17) is 8.37 Å². The molecule has 264 valence electrons. The van der Waals surface area contributed by atoms with Gasteiger partial charge >= 0.3 is 59.1 Å². The fourth-order valence-electron chi connectivity index (χ4n) is 12.6. The van der Waals surface area contributed by atoms with E-state index < -0.39 is 26.2 Å². The molecule has 0 bridgehead atoms. The van der Waals surface area contributed by atoms with E-state index in [0.29, 0.717) is 41.7 Å². The summed E-state index contributed by atoms with van der Waals surface area (Å²) in [4.78, 5) is 0. The van der Waals surface area contributed by atoms with Crippen molar-refractivity contribution in [2.75, 3.05) is 0 Å². The van der Waals surface area contributed by atoms with E-state index in [0.717, 1.165) is 51.4 Å². The zero-order valence-electron chi connectivity index (χ0n) is 30.9. The molecule has 0 amide bonds. The molecule has 9 nitrogen and oxygen atoms in total. The van der Waals surface area contributed by atoms with Crippen LogP contribution in [0.1, 0.15) is 124 Å². The van der Waals surface area contributed by atoms with Crippen molar-refractivity contribution >= 4 is 20.8 Å². The van der Waals surface area contributed by atoms with Gasteiger partial charge in [0.2, 0.25) is 0 Å². The van der Waals surface area contributed by atoms with Gasteiger partial charge in [0.15, 0.2) is 0 Å². The van der Waals surface area contributed by atoms with E-state index in [1.54, 1.807) is 0 Å². The van der Waals surface area contributed by atoms with Gasteiger partial charge < -0.3 is 22.6 Å². The summed E-state index contributed by atoms with van der Waals surface area (Å²) < 4.78 is 80.4. The van der Waals surface area contributed by atoms with E-state index in [1.165, 1.54) is 24.1 Å². The fourth-order valence-corrected chi connectivity index (χ4v) is 13.3. The van der Waals surface area contributed by atoms with E-state index in [-0.39, 0.29) is 104 Å². The maximum atomic E-state index is 11.8. The Morgan fingerprint density at radius 1 is 0.796 bits per heavy atom. The first-order valence-electron chi connectivity index (χ1n) is 17.4. The molecular weight excluding hydrogens is 687 g/mol. The first kappa shape index (κ1) is 42.1. The summed E-state index contributed by atoms with van der Waals surface area (Å²) in [7, 11) is -10.2. The molecule has 9 atom stereocenters. The Kier molecular flexibility index (Phi) is 11.9. The van der Waals surface area contributed by atoms with Crippen LogP contribution in [0.5, 0.6) is 11.5 Å². The van der Waals surface area contributed by atoms with Gasteiger partial charge in [-0.3, -0.25) is 0 Å². The summed E-state index contributed by atoms with van der Waals surface area (Å²) in [6.07, 6.45) is 11.8. The van der Waals surface area contributed by atoms with Crippen LogP contribution in [0.15, 0.2) is 23.8 Å². The summed E-state index contributed by atoms with van der Waals surface area (Å²) in [6, 6.07) is 2.44. The molecular formula is C36H52Na2O9S2. The molecule has 1 aromatic rings. The van der Waals surface area contributed by atoms with Crippen LogP contribution in [0, 0.1) is 45.3 Å². The minimum Gasteiger partial charge on any atom is -0.716 e. The van der Waals surface area contributed by atoms with Gasteiger partial charge in [-0.2, -0.15) is 0 Å². The van der Waals surface area contributed by atoms with Gasteiger partial charge in [0.25, 0.3) is 20.8 Å². The Balaban J connectivity index is 0.00000270. The smallest absolute Gasteiger partial charge is 0.716 e. The monoisotopic (exact) mass is 738 g/mol. The second-order valence-corrected chi connectivity index (χ2v) is 19.4. The third kappa shape index (κ3) is 7.17. The molecule has 0 radical (unpaired) electrons. The van der Waals surface area contributed by atoms with Gasteiger partial charge in [-0.25, -0.2) is 16.8 Å². The average molecular weight is 739 g/mol. The van der Waals surface area contributed by atoms with E-state index in [2.05, 4.69) is 54.5 Å². The van der Waals surface area contributed by atoms with Crippen LogP contribution in [0.2, 0.25) is 0 Å². The van der Waals surface area contributed by atoms with Crippen molar-refractivity contribution in [2.24, 2.45) is 45.3 Å². The van der Waals surface area contributed by atoms with Crippen molar-refractivity contribution < 1.29 is 98.5 Å². The van der Waals surface area contributed by atoms with E-state index >= 15 is 0 Å². The number of benzene rings is 1. The number of hydrogen-bond acceptors (Lipinski definition) is 9. The first-order chi connectivity index (χ1) is 21.6. The number of aliphatic hydroxyl groups excluding tert-OH is 1. The molecule has 0 spiro atoms. The topological polar surface area (TPSA) is 153 Å². The summed E-state index contributed by atoms with van der Waals surface area (Å²) in [5.74, 6) is 0.839. The Bertz CT molecular complexity index is 1700. The minimum absolute atomic E-state index is 0. The SMILES string of the molecule is CC1=CCCC(C)(C)C1CC[C@@]1(C)[C@@H]2CC[C@]3(C)[C@H](CC[C@]4(C)c5c(OS(=O)(=O)[O-])ccc(OS(=O)(=O)[O-])c5C[C@@H]34)[C@@]2(C)CC[C@@H]1O.[Na+].[Na+]. The molecule has 1 unspecified atom stereocenters. The maximum Gasteiger partial charge on any atom is 1.00 e. The van der Waals surface area contributed by atoms with Crippen molar-refractivity contribution in [1.82, 2.24) is 0 Å². The zero-order valence-corrected chi connectivity index (χ0v) is 36.6. The molecule has 0 aromatic heterocycles. The van der Waals surface area contributed by atoms with Gasteiger partial charge in [0, 0.05) is 16.5 Å². The second kappa shape index (κ2) is 13.9. The molecule has 1 N–H and O–H groups in total. The maximum absolute atomic E-state index is 11.8. The molecule has 5 aliphatic rings. The third-order valence-electron chi connectivity index (χ3n) is 14.7. The number of fused-ring (bicyclic) bond motifs is 7. The average Bonchev–Trinajstić information content (AvgIpc) is 3.25. The standard InChI is InChI=1S/C36H54O9S2.2Na/c1-22-9-8-16-32(2,3)24(22)12-17-35(6)28-13-18-34(5)27(33(28,4)20-15-30(35)37)14-19-36(7)29(34)21-23-25(44-46(38,39)40)10-11-26(31(23)36)45-47(41,42)43;;/h9-11,24,27-30,37H,8,12-21H2,1-7H3,(H,38,39,40)(H,41,42,43);;/q;2*+1/p-2/t24?,27-,28-,29+,30+,33-,34-,35+,36+;;/m1../s1. The van der Waals surface area contributed by atoms with Crippen molar-refractivity contribution in [3.63, 3.8) is 0 Å². The molecule has 6 rings (SSSR count). The fraction of sp³-hybridized carbons (Fsp3) is 0.778. The molecule has 1 aromatic carbocycles. The Hall–Kier alpha value is 0.340. The van der Waals surface area contributed by atoms with Crippen LogP contribution in [0.3, 0.4) is 0 Å². The largest absolute Gasteiger partial charge is 1.00 e. The van der Waals surface area contributed by atoms with Crippen molar-refractivity contribution in [2.45, 2.75) is 131 Å². The number of aliphatic hydroxyl groups is 1. The summed E-state index contributed by atoms with van der Waals surface area (Å²) >= 11 is 0. The number of rotatable bonds is 7. The summed E-state index contributed by atoms with van der Waals surface area (Å²) in [6.45, 7) is 16.2. The van der Waals surface area contributed by atoms with Crippen molar-refractivity contribution in [3.8, 4) is 11.5 Å². The predicted octanol–water partition coefficient (Wildman–Crippen LogP) is 0.959. The van der Waals surface area contributed by atoms with Crippen molar-refractivity contribution in [3.05, 3.63) is 34.9 Å². The first-order valence-corrected chi connectivity index (χ1v) is 20.0. The number of hydrogen-bond donors (Lipinski definition) is 1. The molecule has 3 fully saturated rings. The minimum atomic E-state index is -5.12. The molecule has 5 aliphatic carbocycles. The van der Waals surface area contributed by atoms with Crippen LogP contribution in [0.25, 0.3) is 0 Å². The molecule has 13 heteroatoms. The molecule has 0 saturated heterocycles. The van der Waals surface area contributed by atoms with Gasteiger partial charge in [0.1, 0.15) is 11.5 Å². The van der Waals surface area contributed by atoms with Crippen LogP contribution in [-0.4, -0.2) is 37.2 Å². The molecule has 3 saturated carbocycles. The van der Waals surface area contributed by atoms with Gasteiger partial charge in [-0.1, -0.05) is 53.2 Å². The van der Waals surface area contributed by atoms with Crippen LogP contribution in [-0.2, 0) is 32.6 Å².